The van der Waals surface area contributed by atoms with Crippen LogP contribution < -0.4 is 0 Å². The van der Waals surface area contributed by atoms with E-state index in [-0.39, 0.29) is 5.60 Å². The van der Waals surface area contributed by atoms with Crippen molar-refractivity contribution in [2.24, 2.45) is 7.05 Å². The fourth-order valence-corrected chi connectivity index (χ4v) is 4.47. The number of ether oxygens (including phenoxy) is 1. The van der Waals surface area contributed by atoms with Crippen molar-refractivity contribution < 1.29 is 4.74 Å². The third-order valence-electron chi connectivity index (χ3n) is 5.10. The highest BCUT2D eigenvalue weighted by atomic mass is 32.1. The summed E-state index contributed by atoms with van der Waals surface area (Å²) in [6.45, 7) is 7.04. The van der Waals surface area contributed by atoms with Crippen LogP contribution in [-0.4, -0.2) is 63.0 Å². The summed E-state index contributed by atoms with van der Waals surface area (Å²) in [5, 5.41) is 7.53. The molecule has 4 heterocycles. The quantitative estimate of drug-likeness (QED) is 0.843. The smallest absolute Gasteiger partial charge is 0.107 e. The van der Waals surface area contributed by atoms with Crippen molar-refractivity contribution in [1.82, 2.24) is 24.6 Å². The van der Waals surface area contributed by atoms with Crippen molar-refractivity contribution in [2.75, 3.05) is 32.8 Å². The van der Waals surface area contributed by atoms with Gasteiger partial charge in [-0.3, -0.25) is 14.5 Å². The van der Waals surface area contributed by atoms with Gasteiger partial charge in [0.2, 0.25) is 0 Å². The van der Waals surface area contributed by atoms with Gasteiger partial charge in [0, 0.05) is 63.1 Å². The number of nitrogens with zero attached hydrogens (tertiary/aromatic N) is 5. The average Bonchev–Trinajstić information content (AvgIpc) is 3.22. The summed E-state index contributed by atoms with van der Waals surface area (Å²) in [6, 6.07) is 0. The van der Waals surface area contributed by atoms with E-state index in [2.05, 4.69) is 31.5 Å². The van der Waals surface area contributed by atoms with Crippen molar-refractivity contribution in [2.45, 2.75) is 31.5 Å². The number of aromatic nitrogens is 3. The Labute approximate surface area is 147 Å². The fraction of sp³-hybridized carbons (Fsp3) is 0.647. The van der Waals surface area contributed by atoms with Gasteiger partial charge < -0.3 is 4.74 Å². The van der Waals surface area contributed by atoms with E-state index in [1.807, 2.05) is 24.1 Å². The third-order valence-corrected chi connectivity index (χ3v) is 5.87. The lowest BCUT2D eigenvalue weighted by Crippen LogP contribution is -2.56. The molecule has 0 aliphatic carbocycles. The fourth-order valence-electron chi connectivity index (χ4n) is 3.81. The highest BCUT2D eigenvalue weighted by Gasteiger charge is 2.39. The summed E-state index contributed by atoms with van der Waals surface area (Å²) in [4.78, 5) is 9.46. The van der Waals surface area contributed by atoms with Crippen LogP contribution in [0.2, 0.25) is 0 Å². The first kappa shape index (κ1) is 16.2. The Morgan fingerprint density at radius 2 is 2.08 bits per heavy atom. The van der Waals surface area contributed by atoms with E-state index in [0.29, 0.717) is 0 Å². The van der Waals surface area contributed by atoms with Gasteiger partial charge in [-0.05, 0) is 12.8 Å². The SMILES string of the molecule is Cn1cc(CN2CCC3(CC2)CN(Cc2nccs2)CCO3)cn1. The molecule has 0 unspecified atom stereocenters. The van der Waals surface area contributed by atoms with Crippen LogP contribution in [0.15, 0.2) is 24.0 Å². The number of hydrogen-bond donors (Lipinski definition) is 0. The second kappa shape index (κ2) is 6.92. The highest BCUT2D eigenvalue weighted by Crippen LogP contribution is 2.31. The number of likely N-dealkylation sites (tertiary alicyclic amines) is 1. The van der Waals surface area contributed by atoms with Gasteiger partial charge >= 0.3 is 0 Å². The van der Waals surface area contributed by atoms with E-state index in [1.54, 1.807) is 11.3 Å². The molecule has 0 amide bonds. The molecule has 0 bridgehead atoms. The molecule has 2 saturated heterocycles. The lowest BCUT2D eigenvalue weighted by Gasteiger charge is -2.47. The zero-order valence-electron chi connectivity index (χ0n) is 14.2. The third kappa shape index (κ3) is 3.69. The van der Waals surface area contributed by atoms with Crippen molar-refractivity contribution in [3.8, 4) is 0 Å². The Bertz CT molecular complexity index is 648. The molecule has 4 rings (SSSR count). The Hall–Kier alpha value is -1.28. The van der Waals surface area contributed by atoms with E-state index in [4.69, 9.17) is 4.74 Å². The summed E-state index contributed by atoms with van der Waals surface area (Å²) in [6.07, 6.45) is 8.20. The molecular weight excluding hydrogens is 322 g/mol. The molecule has 1 spiro atoms. The maximum atomic E-state index is 6.26. The van der Waals surface area contributed by atoms with Crippen LogP contribution in [-0.2, 0) is 24.9 Å². The largest absolute Gasteiger partial charge is 0.372 e. The van der Waals surface area contributed by atoms with Gasteiger partial charge in [-0.2, -0.15) is 5.10 Å². The summed E-state index contributed by atoms with van der Waals surface area (Å²) >= 11 is 1.75. The first-order valence-corrected chi connectivity index (χ1v) is 9.53. The van der Waals surface area contributed by atoms with Crippen molar-refractivity contribution in [1.29, 1.82) is 0 Å². The van der Waals surface area contributed by atoms with Crippen molar-refractivity contribution in [3.05, 3.63) is 34.5 Å². The molecule has 2 fully saturated rings. The van der Waals surface area contributed by atoms with Crippen LogP contribution in [0.4, 0.5) is 0 Å². The van der Waals surface area contributed by atoms with E-state index < -0.39 is 0 Å². The molecule has 2 aromatic rings. The number of morpholine rings is 1. The Kier molecular flexibility index (Phi) is 4.67. The van der Waals surface area contributed by atoms with E-state index in [0.717, 1.165) is 58.7 Å². The molecule has 2 aromatic heterocycles. The summed E-state index contributed by atoms with van der Waals surface area (Å²) < 4.78 is 8.13. The van der Waals surface area contributed by atoms with Gasteiger partial charge in [-0.1, -0.05) is 0 Å². The van der Waals surface area contributed by atoms with Crippen molar-refractivity contribution >= 4 is 11.3 Å². The second-order valence-corrected chi connectivity index (χ2v) is 7.95. The first-order chi connectivity index (χ1) is 11.7. The monoisotopic (exact) mass is 347 g/mol. The summed E-state index contributed by atoms with van der Waals surface area (Å²) in [7, 11) is 1.97. The molecule has 6 nitrogen and oxygen atoms in total. The lowest BCUT2D eigenvalue weighted by molar-refractivity contribution is -0.138. The Balaban J connectivity index is 1.31. The standard InChI is InChI=1S/C17H25N5OS/c1-20-11-15(10-19-20)12-21-5-2-17(3-6-21)14-22(7-8-23-17)13-16-18-4-9-24-16/h4,9-11H,2-3,5-8,12-14H2,1H3. The number of rotatable bonds is 4. The van der Waals surface area contributed by atoms with Crippen LogP contribution in [0, 0.1) is 0 Å². The van der Waals surface area contributed by atoms with E-state index in [1.165, 1.54) is 10.6 Å². The second-order valence-electron chi connectivity index (χ2n) is 6.97. The molecule has 0 N–H and O–H groups in total. The number of thiazole rings is 1. The van der Waals surface area contributed by atoms with Crippen LogP contribution in [0.5, 0.6) is 0 Å². The normalized spacial score (nSPS) is 22.2. The first-order valence-electron chi connectivity index (χ1n) is 8.65. The van der Waals surface area contributed by atoms with E-state index in [9.17, 15) is 0 Å². The van der Waals surface area contributed by atoms with Gasteiger partial charge in [-0.25, -0.2) is 4.98 Å². The molecule has 0 radical (unpaired) electrons. The van der Waals surface area contributed by atoms with Gasteiger partial charge in [0.1, 0.15) is 5.01 Å². The molecule has 0 saturated carbocycles. The lowest BCUT2D eigenvalue weighted by atomic mass is 9.89. The van der Waals surface area contributed by atoms with Gasteiger partial charge in [0.05, 0.1) is 24.9 Å². The molecule has 2 aliphatic heterocycles. The number of aryl methyl sites for hydroxylation is 1. The maximum absolute atomic E-state index is 6.26. The minimum Gasteiger partial charge on any atom is -0.372 e. The maximum Gasteiger partial charge on any atom is 0.107 e. The summed E-state index contributed by atoms with van der Waals surface area (Å²) in [5.41, 5.74) is 1.34. The van der Waals surface area contributed by atoms with Crippen LogP contribution in [0.25, 0.3) is 0 Å². The predicted molar refractivity (Wildman–Crippen MR) is 93.8 cm³/mol. The molecule has 24 heavy (non-hydrogen) atoms. The van der Waals surface area contributed by atoms with Gasteiger partial charge in [0.25, 0.3) is 0 Å². The highest BCUT2D eigenvalue weighted by molar-refractivity contribution is 7.09. The summed E-state index contributed by atoms with van der Waals surface area (Å²) in [5.74, 6) is 0. The molecule has 0 atom stereocenters. The Morgan fingerprint density at radius 1 is 1.21 bits per heavy atom. The molecule has 130 valence electrons. The Morgan fingerprint density at radius 3 is 2.79 bits per heavy atom. The van der Waals surface area contributed by atoms with E-state index >= 15 is 0 Å². The zero-order valence-corrected chi connectivity index (χ0v) is 15.0. The molecule has 2 aliphatic rings. The van der Waals surface area contributed by atoms with Crippen molar-refractivity contribution in [3.63, 3.8) is 0 Å². The zero-order chi connectivity index (χ0) is 16.4. The minimum absolute atomic E-state index is 0.0426. The minimum atomic E-state index is 0.0426. The van der Waals surface area contributed by atoms with Gasteiger partial charge in [0.15, 0.2) is 0 Å². The molecule has 7 heteroatoms. The van der Waals surface area contributed by atoms with Crippen LogP contribution in [0.1, 0.15) is 23.4 Å². The number of hydrogen-bond acceptors (Lipinski definition) is 6. The van der Waals surface area contributed by atoms with Crippen LogP contribution >= 0.6 is 11.3 Å². The number of piperidine rings is 1. The topological polar surface area (TPSA) is 46.4 Å². The predicted octanol–water partition coefficient (Wildman–Crippen LogP) is 1.74. The van der Waals surface area contributed by atoms with Crippen LogP contribution in [0.3, 0.4) is 0 Å². The average molecular weight is 347 g/mol. The van der Waals surface area contributed by atoms with Gasteiger partial charge in [-0.15, -0.1) is 11.3 Å². The molecular formula is C17H25N5OS. The molecule has 0 aromatic carbocycles.